The van der Waals surface area contributed by atoms with Crippen molar-refractivity contribution in [1.82, 2.24) is 5.32 Å². The lowest BCUT2D eigenvalue weighted by molar-refractivity contribution is -0.121. The van der Waals surface area contributed by atoms with E-state index in [1.807, 2.05) is 0 Å². The smallest absolute Gasteiger partial charge is 0.220 e. The Morgan fingerprint density at radius 3 is 2.06 bits per heavy atom. The minimum atomic E-state index is 0.0831. The number of nitrogens with one attached hydrogen (secondary N) is 1. The minimum Gasteiger partial charge on any atom is -0.356 e. The number of amides is 1. The first-order valence-corrected chi connectivity index (χ1v) is 7.51. The Morgan fingerprint density at radius 1 is 0.944 bits per heavy atom. The van der Waals surface area contributed by atoms with Gasteiger partial charge in [0.25, 0.3) is 0 Å². The van der Waals surface area contributed by atoms with Gasteiger partial charge in [-0.25, -0.2) is 0 Å². The first kappa shape index (κ1) is 17.1. The molecule has 0 saturated heterocycles. The molecule has 1 N–H and O–H groups in total. The average molecular weight is 255 g/mol. The molecule has 1 amide bonds. The van der Waals surface area contributed by atoms with Gasteiger partial charge in [0.1, 0.15) is 6.29 Å². The Labute approximate surface area is 112 Å². The van der Waals surface area contributed by atoms with Gasteiger partial charge >= 0.3 is 0 Å². The van der Waals surface area contributed by atoms with Gasteiger partial charge in [0.2, 0.25) is 5.91 Å². The van der Waals surface area contributed by atoms with Crippen molar-refractivity contribution in [3.8, 4) is 0 Å². The predicted octanol–water partition coefficient (Wildman–Crippen LogP) is 3.61. The SMILES string of the molecule is CCCCCCCCCCCC(=O)NCCC=O. The summed E-state index contributed by atoms with van der Waals surface area (Å²) in [5.41, 5.74) is 0. The van der Waals surface area contributed by atoms with Gasteiger partial charge in [0, 0.05) is 19.4 Å². The van der Waals surface area contributed by atoms with Crippen LogP contribution in [0, 0.1) is 0 Å². The fourth-order valence-corrected chi connectivity index (χ4v) is 1.96. The standard InChI is InChI=1S/C15H29NO2/c1-2-3-4-5-6-7-8-9-10-12-15(18)16-13-11-14-17/h14H,2-13H2,1H3,(H,16,18). The summed E-state index contributed by atoms with van der Waals surface area (Å²) < 4.78 is 0. The van der Waals surface area contributed by atoms with Crippen LogP contribution in [0.15, 0.2) is 0 Å². The first-order valence-electron chi connectivity index (χ1n) is 7.51. The Bertz CT molecular complexity index is 205. The van der Waals surface area contributed by atoms with Gasteiger partial charge in [0.15, 0.2) is 0 Å². The molecule has 0 saturated carbocycles. The number of aldehydes is 1. The van der Waals surface area contributed by atoms with E-state index in [2.05, 4.69) is 12.2 Å². The second-order valence-corrected chi connectivity index (χ2v) is 4.88. The summed E-state index contributed by atoms with van der Waals surface area (Å²) in [6.45, 7) is 2.72. The van der Waals surface area contributed by atoms with Crippen molar-refractivity contribution in [2.24, 2.45) is 0 Å². The van der Waals surface area contributed by atoms with Crippen molar-refractivity contribution >= 4 is 12.2 Å². The van der Waals surface area contributed by atoms with Crippen molar-refractivity contribution in [2.45, 2.75) is 77.6 Å². The largest absolute Gasteiger partial charge is 0.356 e. The molecule has 0 radical (unpaired) electrons. The summed E-state index contributed by atoms with van der Waals surface area (Å²) in [6.07, 6.45) is 13.3. The van der Waals surface area contributed by atoms with Crippen LogP contribution < -0.4 is 5.32 Å². The topological polar surface area (TPSA) is 46.2 Å². The molecule has 0 aliphatic heterocycles. The highest BCUT2D eigenvalue weighted by Gasteiger charge is 1.99. The highest BCUT2D eigenvalue weighted by Crippen LogP contribution is 2.10. The van der Waals surface area contributed by atoms with Crippen LogP contribution in [-0.4, -0.2) is 18.7 Å². The number of hydrogen-bond donors (Lipinski definition) is 1. The molecule has 0 fully saturated rings. The van der Waals surface area contributed by atoms with E-state index in [9.17, 15) is 9.59 Å². The van der Waals surface area contributed by atoms with E-state index in [0.29, 0.717) is 19.4 Å². The molecular weight excluding hydrogens is 226 g/mol. The van der Waals surface area contributed by atoms with Crippen molar-refractivity contribution < 1.29 is 9.59 Å². The second-order valence-electron chi connectivity index (χ2n) is 4.88. The van der Waals surface area contributed by atoms with Gasteiger partial charge in [-0.15, -0.1) is 0 Å². The lowest BCUT2D eigenvalue weighted by atomic mass is 10.1. The molecule has 0 aliphatic rings. The van der Waals surface area contributed by atoms with Gasteiger partial charge in [0.05, 0.1) is 0 Å². The highest BCUT2D eigenvalue weighted by atomic mass is 16.1. The van der Waals surface area contributed by atoms with E-state index >= 15 is 0 Å². The molecule has 0 aromatic rings. The van der Waals surface area contributed by atoms with Crippen molar-refractivity contribution in [3.63, 3.8) is 0 Å². The van der Waals surface area contributed by atoms with Gasteiger partial charge in [-0.1, -0.05) is 58.3 Å². The zero-order valence-corrected chi connectivity index (χ0v) is 11.9. The summed E-state index contributed by atoms with van der Waals surface area (Å²) in [5, 5.41) is 2.74. The minimum absolute atomic E-state index is 0.0831. The number of unbranched alkanes of at least 4 members (excludes halogenated alkanes) is 8. The van der Waals surface area contributed by atoms with Crippen LogP contribution in [0.4, 0.5) is 0 Å². The molecule has 0 spiro atoms. The lowest BCUT2D eigenvalue weighted by Crippen LogP contribution is -2.24. The Balaban J connectivity index is 3.10. The quantitative estimate of drug-likeness (QED) is 0.403. The Hall–Kier alpha value is -0.860. The van der Waals surface area contributed by atoms with E-state index in [0.717, 1.165) is 19.1 Å². The Kier molecular flexibility index (Phi) is 13.5. The summed E-state index contributed by atoms with van der Waals surface area (Å²) in [6, 6.07) is 0. The molecule has 18 heavy (non-hydrogen) atoms. The molecular formula is C15H29NO2. The molecule has 3 nitrogen and oxygen atoms in total. The normalized spacial score (nSPS) is 10.3. The summed E-state index contributed by atoms with van der Waals surface area (Å²) >= 11 is 0. The molecule has 0 aromatic carbocycles. The summed E-state index contributed by atoms with van der Waals surface area (Å²) in [7, 11) is 0. The summed E-state index contributed by atoms with van der Waals surface area (Å²) in [5.74, 6) is 0.0831. The molecule has 0 unspecified atom stereocenters. The predicted molar refractivity (Wildman–Crippen MR) is 75.5 cm³/mol. The van der Waals surface area contributed by atoms with Crippen LogP contribution in [0.5, 0.6) is 0 Å². The van der Waals surface area contributed by atoms with Crippen molar-refractivity contribution in [1.29, 1.82) is 0 Å². The lowest BCUT2D eigenvalue weighted by Gasteiger charge is -2.03. The van der Waals surface area contributed by atoms with Crippen molar-refractivity contribution in [3.05, 3.63) is 0 Å². The van der Waals surface area contributed by atoms with Crippen LogP contribution in [0.3, 0.4) is 0 Å². The van der Waals surface area contributed by atoms with E-state index in [1.165, 1.54) is 44.9 Å². The summed E-state index contributed by atoms with van der Waals surface area (Å²) in [4.78, 5) is 21.4. The molecule has 0 bridgehead atoms. The average Bonchev–Trinajstić information content (AvgIpc) is 2.37. The first-order chi connectivity index (χ1) is 8.81. The molecule has 0 heterocycles. The fourth-order valence-electron chi connectivity index (χ4n) is 1.96. The van der Waals surface area contributed by atoms with Crippen LogP contribution in [0.1, 0.15) is 77.6 Å². The molecule has 0 aliphatic carbocycles. The molecule has 3 heteroatoms. The number of carbonyl (C=O) groups is 2. The van der Waals surface area contributed by atoms with Crippen molar-refractivity contribution in [2.75, 3.05) is 6.54 Å². The zero-order valence-electron chi connectivity index (χ0n) is 11.9. The van der Waals surface area contributed by atoms with Crippen LogP contribution in [0.25, 0.3) is 0 Å². The van der Waals surface area contributed by atoms with Gasteiger partial charge in [-0.2, -0.15) is 0 Å². The number of hydrogen-bond acceptors (Lipinski definition) is 2. The molecule has 106 valence electrons. The Morgan fingerprint density at radius 2 is 1.50 bits per heavy atom. The zero-order chi connectivity index (χ0) is 13.5. The molecule has 0 rings (SSSR count). The van der Waals surface area contributed by atoms with Gasteiger partial charge < -0.3 is 10.1 Å². The van der Waals surface area contributed by atoms with E-state index < -0.39 is 0 Å². The maximum absolute atomic E-state index is 11.3. The van der Waals surface area contributed by atoms with Crippen LogP contribution in [-0.2, 0) is 9.59 Å². The number of carbonyl (C=O) groups excluding carboxylic acids is 2. The maximum atomic E-state index is 11.3. The van der Waals surface area contributed by atoms with E-state index in [1.54, 1.807) is 0 Å². The van der Waals surface area contributed by atoms with E-state index in [4.69, 9.17) is 0 Å². The molecule has 0 atom stereocenters. The number of rotatable bonds is 13. The van der Waals surface area contributed by atoms with Gasteiger partial charge in [-0.3, -0.25) is 4.79 Å². The fraction of sp³-hybridized carbons (Fsp3) is 0.867. The highest BCUT2D eigenvalue weighted by molar-refractivity contribution is 5.76. The van der Waals surface area contributed by atoms with E-state index in [-0.39, 0.29) is 5.91 Å². The van der Waals surface area contributed by atoms with Crippen LogP contribution >= 0.6 is 0 Å². The molecule has 0 aromatic heterocycles. The third-order valence-corrected chi connectivity index (χ3v) is 3.09. The second kappa shape index (κ2) is 14.2. The maximum Gasteiger partial charge on any atom is 0.220 e. The monoisotopic (exact) mass is 255 g/mol. The third-order valence-electron chi connectivity index (χ3n) is 3.09. The van der Waals surface area contributed by atoms with Crippen LogP contribution in [0.2, 0.25) is 0 Å². The van der Waals surface area contributed by atoms with Gasteiger partial charge in [-0.05, 0) is 6.42 Å². The third kappa shape index (κ3) is 13.2.